The molecule has 5 nitrogen and oxygen atoms in total. The number of hydrogen-bond acceptors (Lipinski definition) is 3. The zero-order chi connectivity index (χ0) is 14.8. The Kier molecular flexibility index (Phi) is 3.64. The minimum absolute atomic E-state index is 0.114. The molecule has 1 aliphatic heterocycles. The summed E-state index contributed by atoms with van der Waals surface area (Å²) < 4.78 is 5.70. The van der Waals surface area contributed by atoms with Crippen LogP contribution in [0.5, 0.6) is 5.75 Å². The van der Waals surface area contributed by atoms with Gasteiger partial charge in [0.05, 0.1) is 12.1 Å². The van der Waals surface area contributed by atoms with Crippen molar-refractivity contribution in [2.75, 3.05) is 13.7 Å². The summed E-state index contributed by atoms with van der Waals surface area (Å²) in [6, 6.07) is 7.91. The van der Waals surface area contributed by atoms with Gasteiger partial charge in [0.1, 0.15) is 12.4 Å². The number of nitrogens with zero attached hydrogens (tertiary/aromatic N) is 2. The van der Waals surface area contributed by atoms with Gasteiger partial charge in [-0.05, 0) is 25.0 Å². The number of hydrogen-bond donors (Lipinski definition) is 1. The molecule has 3 rings (SSSR count). The van der Waals surface area contributed by atoms with Gasteiger partial charge in [-0.1, -0.05) is 18.2 Å². The first-order valence-corrected chi connectivity index (χ1v) is 7.09. The summed E-state index contributed by atoms with van der Waals surface area (Å²) in [4.78, 5) is 14.3. The first kappa shape index (κ1) is 13.7. The predicted molar refractivity (Wildman–Crippen MR) is 78.9 cm³/mol. The third-order valence-corrected chi connectivity index (χ3v) is 3.95. The third-order valence-electron chi connectivity index (χ3n) is 3.95. The van der Waals surface area contributed by atoms with Crippen LogP contribution in [0.2, 0.25) is 0 Å². The average molecular weight is 285 g/mol. The van der Waals surface area contributed by atoms with Crippen LogP contribution in [-0.2, 0) is 17.8 Å². The summed E-state index contributed by atoms with van der Waals surface area (Å²) in [6.45, 7) is 2.98. The highest BCUT2D eigenvalue weighted by molar-refractivity contribution is 5.79. The first-order chi connectivity index (χ1) is 10.1. The Balaban J connectivity index is 1.67. The fraction of sp³-hybridized carbons (Fsp3) is 0.375. The molecule has 5 heteroatoms. The molecule has 2 aromatic rings. The predicted octanol–water partition coefficient (Wildman–Crippen LogP) is 1.93. The van der Waals surface area contributed by atoms with Crippen molar-refractivity contribution in [1.82, 2.24) is 15.1 Å². The summed E-state index contributed by atoms with van der Waals surface area (Å²) in [5.74, 6) is 0.900. The van der Waals surface area contributed by atoms with Crippen LogP contribution >= 0.6 is 0 Å². The van der Waals surface area contributed by atoms with E-state index >= 15 is 0 Å². The molecule has 1 atom stereocenters. The van der Waals surface area contributed by atoms with E-state index in [0.29, 0.717) is 13.2 Å². The average Bonchev–Trinajstić information content (AvgIpc) is 2.91. The van der Waals surface area contributed by atoms with E-state index in [4.69, 9.17) is 4.74 Å². The van der Waals surface area contributed by atoms with E-state index in [0.717, 1.165) is 29.0 Å². The van der Waals surface area contributed by atoms with Crippen LogP contribution in [-0.4, -0.2) is 34.7 Å². The van der Waals surface area contributed by atoms with Gasteiger partial charge in [-0.2, -0.15) is 5.10 Å². The molecule has 1 N–H and O–H groups in total. The lowest BCUT2D eigenvalue weighted by molar-refractivity contribution is -0.136. The fourth-order valence-corrected chi connectivity index (χ4v) is 2.67. The maximum absolute atomic E-state index is 12.6. The summed E-state index contributed by atoms with van der Waals surface area (Å²) in [5.41, 5.74) is 3.15. The molecule has 0 radical (unpaired) electrons. The van der Waals surface area contributed by atoms with Gasteiger partial charge in [-0.3, -0.25) is 9.89 Å². The number of aromatic amines is 1. The monoisotopic (exact) mass is 285 g/mol. The highest BCUT2D eigenvalue weighted by atomic mass is 16.5. The Morgan fingerprint density at radius 3 is 3.05 bits per heavy atom. The molecule has 0 spiro atoms. The molecule has 21 heavy (non-hydrogen) atoms. The van der Waals surface area contributed by atoms with Crippen molar-refractivity contribution in [2.24, 2.45) is 5.92 Å². The fourth-order valence-electron chi connectivity index (χ4n) is 2.67. The summed E-state index contributed by atoms with van der Waals surface area (Å²) in [5, 5.41) is 6.88. The smallest absolute Gasteiger partial charge is 0.229 e. The van der Waals surface area contributed by atoms with E-state index in [9.17, 15) is 4.79 Å². The second-order valence-corrected chi connectivity index (χ2v) is 5.53. The standard InChI is InChI=1S/C16H19N3O2/c1-11-14(8-17-18-11)9-19(2)16(20)13-7-12-5-3-4-6-15(12)21-10-13/h3-6,8,13H,7,9-10H2,1-2H3,(H,17,18)/t13-/m1/s1. The van der Waals surface area contributed by atoms with Gasteiger partial charge < -0.3 is 9.64 Å². The van der Waals surface area contributed by atoms with Gasteiger partial charge in [0.25, 0.3) is 0 Å². The second kappa shape index (κ2) is 5.60. The van der Waals surface area contributed by atoms with Crippen LogP contribution < -0.4 is 4.74 Å². The van der Waals surface area contributed by atoms with Crippen LogP contribution in [0.25, 0.3) is 0 Å². The number of fused-ring (bicyclic) bond motifs is 1. The van der Waals surface area contributed by atoms with E-state index in [-0.39, 0.29) is 11.8 Å². The normalized spacial score (nSPS) is 17.0. The van der Waals surface area contributed by atoms with Crippen LogP contribution in [0.4, 0.5) is 0 Å². The number of ether oxygens (including phenoxy) is 1. The van der Waals surface area contributed by atoms with Crippen molar-refractivity contribution in [2.45, 2.75) is 19.9 Å². The van der Waals surface area contributed by atoms with Gasteiger partial charge >= 0.3 is 0 Å². The van der Waals surface area contributed by atoms with Crippen molar-refractivity contribution >= 4 is 5.91 Å². The molecule has 0 saturated heterocycles. The number of benzene rings is 1. The number of rotatable bonds is 3. The quantitative estimate of drug-likeness (QED) is 0.937. The molecule has 1 aromatic heterocycles. The number of para-hydroxylation sites is 1. The molecule has 110 valence electrons. The van der Waals surface area contributed by atoms with Crippen LogP contribution in [0.3, 0.4) is 0 Å². The number of H-pyrrole nitrogens is 1. The van der Waals surface area contributed by atoms with Crippen molar-refractivity contribution in [3.63, 3.8) is 0 Å². The Labute approximate surface area is 123 Å². The minimum Gasteiger partial charge on any atom is -0.492 e. The molecule has 0 aliphatic carbocycles. The third kappa shape index (κ3) is 2.77. The van der Waals surface area contributed by atoms with Crippen molar-refractivity contribution in [3.8, 4) is 5.75 Å². The minimum atomic E-state index is -0.114. The Morgan fingerprint density at radius 1 is 1.48 bits per heavy atom. The number of carbonyl (C=O) groups is 1. The zero-order valence-electron chi connectivity index (χ0n) is 12.3. The second-order valence-electron chi connectivity index (χ2n) is 5.53. The lowest BCUT2D eigenvalue weighted by Gasteiger charge is -2.28. The van der Waals surface area contributed by atoms with E-state index in [1.54, 1.807) is 11.1 Å². The van der Waals surface area contributed by atoms with Crippen molar-refractivity contribution in [3.05, 3.63) is 47.3 Å². The molecule has 0 saturated carbocycles. The molecule has 2 heterocycles. The lowest BCUT2D eigenvalue weighted by Crippen LogP contribution is -2.38. The largest absolute Gasteiger partial charge is 0.492 e. The molecule has 0 fully saturated rings. The number of amides is 1. The molecular formula is C16H19N3O2. The molecule has 1 aromatic carbocycles. The van der Waals surface area contributed by atoms with Crippen LogP contribution in [0.15, 0.2) is 30.5 Å². The summed E-state index contributed by atoms with van der Waals surface area (Å²) >= 11 is 0. The Morgan fingerprint density at radius 2 is 2.29 bits per heavy atom. The summed E-state index contributed by atoms with van der Waals surface area (Å²) in [6.07, 6.45) is 2.51. The Hall–Kier alpha value is -2.30. The molecular weight excluding hydrogens is 266 g/mol. The SMILES string of the molecule is Cc1[nH]ncc1CN(C)C(=O)[C@H]1COc2ccccc2C1. The first-order valence-electron chi connectivity index (χ1n) is 7.09. The van der Waals surface area contributed by atoms with E-state index in [1.165, 1.54) is 0 Å². The number of aryl methyl sites for hydroxylation is 1. The topological polar surface area (TPSA) is 58.2 Å². The van der Waals surface area contributed by atoms with Gasteiger partial charge in [0.2, 0.25) is 5.91 Å². The molecule has 0 bridgehead atoms. The van der Waals surface area contributed by atoms with Gasteiger partial charge in [0, 0.05) is 24.8 Å². The number of aromatic nitrogens is 2. The van der Waals surface area contributed by atoms with Gasteiger partial charge in [-0.25, -0.2) is 0 Å². The van der Waals surface area contributed by atoms with Gasteiger partial charge in [-0.15, -0.1) is 0 Å². The van der Waals surface area contributed by atoms with Gasteiger partial charge in [0.15, 0.2) is 0 Å². The number of carbonyl (C=O) groups excluding carboxylic acids is 1. The molecule has 1 aliphatic rings. The van der Waals surface area contributed by atoms with E-state index in [2.05, 4.69) is 10.2 Å². The van der Waals surface area contributed by atoms with Crippen molar-refractivity contribution < 1.29 is 9.53 Å². The highest BCUT2D eigenvalue weighted by Crippen LogP contribution is 2.27. The molecule has 1 amide bonds. The van der Waals surface area contributed by atoms with Crippen LogP contribution in [0.1, 0.15) is 16.8 Å². The maximum atomic E-state index is 12.6. The zero-order valence-corrected chi connectivity index (χ0v) is 12.3. The highest BCUT2D eigenvalue weighted by Gasteiger charge is 2.28. The van der Waals surface area contributed by atoms with E-state index < -0.39 is 0 Å². The van der Waals surface area contributed by atoms with Crippen LogP contribution in [0, 0.1) is 12.8 Å². The summed E-state index contributed by atoms with van der Waals surface area (Å²) in [7, 11) is 1.83. The Bertz CT molecular complexity index is 650. The van der Waals surface area contributed by atoms with Crippen molar-refractivity contribution in [1.29, 1.82) is 0 Å². The maximum Gasteiger partial charge on any atom is 0.229 e. The number of nitrogens with one attached hydrogen (secondary N) is 1. The van der Waals surface area contributed by atoms with E-state index in [1.807, 2.05) is 38.2 Å². The lowest BCUT2D eigenvalue weighted by atomic mass is 9.95. The molecule has 0 unspecified atom stereocenters.